The maximum Gasteiger partial charge on any atom is 0.0558 e. The van der Waals surface area contributed by atoms with Crippen molar-refractivity contribution in [2.75, 3.05) is 19.7 Å². The van der Waals surface area contributed by atoms with Crippen LogP contribution in [0.4, 0.5) is 0 Å². The van der Waals surface area contributed by atoms with E-state index in [-0.39, 0.29) is 12.1 Å². The van der Waals surface area contributed by atoms with Gasteiger partial charge in [-0.25, -0.2) is 0 Å². The number of β-amino-alcohol motifs (C(OH)–C–C–N with tert-alkyl or cyclic N) is 1. The smallest absolute Gasteiger partial charge is 0.0558 e. The van der Waals surface area contributed by atoms with Crippen molar-refractivity contribution in [1.29, 1.82) is 0 Å². The van der Waals surface area contributed by atoms with E-state index in [9.17, 15) is 0 Å². The highest BCUT2D eigenvalue weighted by Crippen LogP contribution is 2.14. The van der Waals surface area contributed by atoms with Gasteiger partial charge in [0, 0.05) is 12.1 Å². The van der Waals surface area contributed by atoms with Crippen molar-refractivity contribution in [3.63, 3.8) is 0 Å². The lowest BCUT2D eigenvalue weighted by atomic mass is 10.0. The van der Waals surface area contributed by atoms with Crippen molar-refractivity contribution < 1.29 is 5.11 Å². The Bertz CT molecular complexity index is 163. The molecule has 0 aromatic rings. The molecule has 0 spiro atoms. The summed E-state index contributed by atoms with van der Waals surface area (Å²) in [6, 6.07) is 0. The minimum atomic E-state index is 0.185. The van der Waals surface area contributed by atoms with Gasteiger partial charge in [-0.05, 0) is 33.7 Å². The van der Waals surface area contributed by atoms with E-state index in [1.54, 1.807) is 0 Å². The van der Waals surface area contributed by atoms with Crippen LogP contribution in [0.2, 0.25) is 0 Å². The highest BCUT2D eigenvalue weighted by atomic mass is 16.3. The average Bonchev–Trinajstić information content (AvgIpc) is 2.25. The number of aliphatic hydroxyl groups excluding tert-OH is 1. The molecule has 0 aliphatic heterocycles. The van der Waals surface area contributed by atoms with Crippen molar-refractivity contribution in [3.05, 3.63) is 0 Å². The molecule has 0 aromatic carbocycles. The van der Waals surface area contributed by atoms with Gasteiger partial charge in [0.2, 0.25) is 0 Å². The summed E-state index contributed by atoms with van der Waals surface area (Å²) in [6.45, 7) is 11.1. The van der Waals surface area contributed by atoms with Crippen LogP contribution in [-0.4, -0.2) is 35.2 Å². The van der Waals surface area contributed by atoms with Gasteiger partial charge >= 0.3 is 0 Å². The monoisotopic (exact) mass is 243 g/mol. The Hall–Kier alpha value is -0.0800. The molecule has 0 amide bonds. The second kappa shape index (κ2) is 9.90. The molecule has 0 aliphatic rings. The zero-order valence-corrected chi connectivity index (χ0v) is 12.5. The summed E-state index contributed by atoms with van der Waals surface area (Å²) >= 11 is 0. The summed E-state index contributed by atoms with van der Waals surface area (Å²) < 4.78 is 0. The quantitative estimate of drug-likeness (QED) is 0.589. The summed E-state index contributed by atoms with van der Waals surface area (Å²) in [4.78, 5) is 2.39. The van der Waals surface area contributed by atoms with E-state index >= 15 is 0 Å². The van der Waals surface area contributed by atoms with Crippen molar-refractivity contribution in [1.82, 2.24) is 4.90 Å². The molecule has 104 valence electrons. The van der Waals surface area contributed by atoms with Gasteiger partial charge in [-0.15, -0.1) is 0 Å². The lowest BCUT2D eigenvalue weighted by molar-refractivity contribution is 0.104. The maximum atomic E-state index is 9.06. The molecule has 0 saturated carbocycles. The number of unbranched alkanes of at least 4 members (excludes halogenated alkanes) is 6. The van der Waals surface area contributed by atoms with Gasteiger partial charge in [0.1, 0.15) is 0 Å². The molecule has 0 aromatic heterocycles. The maximum absolute atomic E-state index is 9.06. The Kier molecular flexibility index (Phi) is 9.85. The van der Waals surface area contributed by atoms with Crippen LogP contribution >= 0.6 is 0 Å². The molecule has 2 heteroatoms. The van der Waals surface area contributed by atoms with Gasteiger partial charge < -0.3 is 5.11 Å². The number of aliphatic hydroxyl groups is 1. The van der Waals surface area contributed by atoms with Gasteiger partial charge in [-0.1, -0.05) is 45.4 Å². The van der Waals surface area contributed by atoms with Crippen LogP contribution < -0.4 is 0 Å². The first-order chi connectivity index (χ1) is 8.02. The SMILES string of the molecule is CCCCCCCCCN(CCO)C(C)(C)C. The van der Waals surface area contributed by atoms with E-state index in [0.29, 0.717) is 0 Å². The third-order valence-corrected chi connectivity index (χ3v) is 3.35. The van der Waals surface area contributed by atoms with E-state index in [0.717, 1.165) is 13.1 Å². The Labute approximate surface area is 108 Å². The predicted octanol–water partition coefficient (Wildman–Crippen LogP) is 3.83. The Balaban J connectivity index is 3.55. The van der Waals surface area contributed by atoms with E-state index in [4.69, 9.17) is 5.11 Å². The van der Waals surface area contributed by atoms with Crippen LogP contribution in [0, 0.1) is 0 Å². The van der Waals surface area contributed by atoms with Gasteiger partial charge in [0.25, 0.3) is 0 Å². The molecule has 0 bridgehead atoms. The molecule has 0 heterocycles. The van der Waals surface area contributed by atoms with Crippen LogP contribution in [0.5, 0.6) is 0 Å². The summed E-state index contributed by atoms with van der Waals surface area (Å²) in [5, 5.41) is 9.06. The molecule has 0 radical (unpaired) electrons. The number of rotatable bonds is 10. The lowest BCUT2D eigenvalue weighted by Crippen LogP contribution is -2.43. The fourth-order valence-electron chi connectivity index (χ4n) is 2.16. The normalized spacial score (nSPS) is 12.4. The predicted molar refractivity (Wildman–Crippen MR) is 76.4 cm³/mol. The first-order valence-corrected chi connectivity index (χ1v) is 7.38. The van der Waals surface area contributed by atoms with E-state index in [1.165, 1.54) is 44.9 Å². The van der Waals surface area contributed by atoms with Crippen LogP contribution in [0.1, 0.15) is 72.6 Å². The van der Waals surface area contributed by atoms with Gasteiger partial charge in [-0.2, -0.15) is 0 Å². The molecule has 0 fully saturated rings. The first kappa shape index (κ1) is 16.9. The summed E-state index contributed by atoms with van der Waals surface area (Å²) in [7, 11) is 0. The van der Waals surface area contributed by atoms with Crippen LogP contribution in [0.3, 0.4) is 0 Å². The van der Waals surface area contributed by atoms with Crippen LogP contribution in [0.25, 0.3) is 0 Å². The van der Waals surface area contributed by atoms with Crippen LogP contribution in [0.15, 0.2) is 0 Å². The zero-order chi connectivity index (χ0) is 13.1. The number of nitrogens with zero attached hydrogens (tertiary/aromatic N) is 1. The number of hydrogen-bond donors (Lipinski definition) is 1. The summed E-state index contributed by atoms with van der Waals surface area (Å²) in [6.07, 6.45) is 9.48. The molecule has 2 nitrogen and oxygen atoms in total. The zero-order valence-electron chi connectivity index (χ0n) is 12.5. The molecule has 1 N–H and O–H groups in total. The topological polar surface area (TPSA) is 23.5 Å². The molecule has 0 aliphatic carbocycles. The van der Waals surface area contributed by atoms with Gasteiger partial charge in [-0.3, -0.25) is 4.90 Å². The molecule has 17 heavy (non-hydrogen) atoms. The summed E-state index contributed by atoms with van der Waals surface area (Å²) in [5.74, 6) is 0. The average molecular weight is 243 g/mol. The Morgan fingerprint density at radius 1 is 0.824 bits per heavy atom. The van der Waals surface area contributed by atoms with Crippen molar-refractivity contribution in [3.8, 4) is 0 Å². The molecular weight excluding hydrogens is 210 g/mol. The minimum absolute atomic E-state index is 0.185. The van der Waals surface area contributed by atoms with Crippen molar-refractivity contribution >= 4 is 0 Å². The largest absolute Gasteiger partial charge is 0.395 e. The third kappa shape index (κ3) is 9.61. The fraction of sp³-hybridized carbons (Fsp3) is 1.00. The van der Waals surface area contributed by atoms with E-state index < -0.39 is 0 Å². The first-order valence-electron chi connectivity index (χ1n) is 7.38. The highest BCUT2D eigenvalue weighted by molar-refractivity contribution is 4.75. The Morgan fingerprint density at radius 3 is 1.82 bits per heavy atom. The molecule has 0 saturated heterocycles. The van der Waals surface area contributed by atoms with Crippen LogP contribution in [-0.2, 0) is 0 Å². The molecule has 0 unspecified atom stereocenters. The van der Waals surface area contributed by atoms with Gasteiger partial charge in [0.15, 0.2) is 0 Å². The van der Waals surface area contributed by atoms with E-state index in [2.05, 4.69) is 32.6 Å². The third-order valence-electron chi connectivity index (χ3n) is 3.35. The fourth-order valence-corrected chi connectivity index (χ4v) is 2.16. The minimum Gasteiger partial charge on any atom is -0.395 e. The second-order valence-corrected chi connectivity index (χ2v) is 6.00. The van der Waals surface area contributed by atoms with Crippen molar-refractivity contribution in [2.24, 2.45) is 0 Å². The standard InChI is InChI=1S/C15H33NO/c1-5-6-7-8-9-10-11-12-16(13-14-17)15(2,3)4/h17H,5-14H2,1-4H3. The second-order valence-electron chi connectivity index (χ2n) is 6.00. The molecular formula is C15H33NO. The Morgan fingerprint density at radius 2 is 1.35 bits per heavy atom. The molecule has 0 rings (SSSR count). The number of hydrogen-bond acceptors (Lipinski definition) is 2. The van der Waals surface area contributed by atoms with Crippen molar-refractivity contribution in [2.45, 2.75) is 78.2 Å². The highest BCUT2D eigenvalue weighted by Gasteiger charge is 2.19. The van der Waals surface area contributed by atoms with Gasteiger partial charge in [0.05, 0.1) is 6.61 Å². The lowest BCUT2D eigenvalue weighted by Gasteiger charge is -2.35. The van der Waals surface area contributed by atoms with E-state index in [1.807, 2.05) is 0 Å². The molecule has 0 atom stereocenters. The summed E-state index contributed by atoms with van der Waals surface area (Å²) in [5.41, 5.74) is 0.185.